The number of nitrogens with zero attached hydrogens (tertiary/aromatic N) is 3. The minimum absolute atomic E-state index is 0.0357. The number of oxime groups is 2. The molecule has 1 aromatic heterocycles. The van der Waals surface area contributed by atoms with E-state index >= 15 is 0 Å². The Hall–Kier alpha value is -2.73. The molecule has 0 saturated carbocycles. The smallest absolute Gasteiger partial charge is 0.269 e. The Kier molecular flexibility index (Phi) is 12.0. The largest absolute Gasteiger partial charge is 0.495 e. The number of aromatic nitrogens is 2. The number of imidazole rings is 1. The predicted molar refractivity (Wildman–Crippen MR) is 175 cm³/mol. The molecule has 5 N–H and O–H groups in total. The van der Waals surface area contributed by atoms with Gasteiger partial charge in [0.05, 0.1) is 38.0 Å². The van der Waals surface area contributed by atoms with Crippen molar-refractivity contribution in [3.05, 3.63) is 65.7 Å². The minimum Gasteiger partial charge on any atom is -0.495 e. The summed E-state index contributed by atoms with van der Waals surface area (Å²) >= 11 is 13.7. The zero-order chi connectivity index (χ0) is 31.9. The number of ether oxygens (including phenoxy) is 2. The normalized spacial score (nSPS) is 19.8. The van der Waals surface area contributed by atoms with Crippen molar-refractivity contribution in [2.24, 2.45) is 10.3 Å². The fourth-order valence-electron chi connectivity index (χ4n) is 4.41. The van der Waals surface area contributed by atoms with Gasteiger partial charge in [0, 0.05) is 44.2 Å². The number of rotatable bonds is 13. The van der Waals surface area contributed by atoms with E-state index in [0.717, 1.165) is 5.69 Å². The fraction of sp³-hybridized carbons (Fsp3) is 0.370. The molecule has 2 aliphatic rings. The van der Waals surface area contributed by atoms with Crippen LogP contribution in [0.4, 0.5) is 0 Å². The van der Waals surface area contributed by atoms with Crippen LogP contribution in [0.5, 0.6) is 5.75 Å². The van der Waals surface area contributed by atoms with Gasteiger partial charge in [-0.05, 0) is 93.9 Å². The lowest BCUT2D eigenvalue weighted by Crippen LogP contribution is -2.45. The third-order valence-electron chi connectivity index (χ3n) is 6.64. The van der Waals surface area contributed by atoms with Crippen LogP contribution in [0.1, 0.15) is 24.1 Å². The number of aromatic amines is 1. The van der Waals surface area contributed by atoms with Crippen LogP contribution in [0.3, 0.4) is 0 Å². The maximum atomic E-state index is 12.7. The van der Waals surface area contributed by atoms with Crippen LogP contribution in [0, 0.1) is 0 Å². The first kappa shape index (κ1) is 34.1. The molecule has 0 radical (unpaired) electrons. The standard InChI is InChI=1S/C27H28Br4N6O7/c1-42-23-18(30)10-27(24(38)21(23)31)11-20(37-44-27)26(40)33-4-2-6-43-22-16(28)7-14(8-17(22)29)9-19(36-41)25(39)34-5-3-15-12-32-13-35-15/h7-8,10,12-13,24,38,41H,2-6,9,11H2,1H3,(H,32,35)(H,33,40)(H,34,39)/b36-19+/t24-,27+/m1/s1. The quantitative estimate of drug-likeness (QED) is 0.0869. The zero-order valence-electron chi connectivity index (χ0n) is 23.2. The molecule has 0 bridgehead atoms. The molecule has 2 amide bonds. The number of halogens is 4. The monoisotopic (exact) mass is 864 g/mol. The number of benzene rings is 1. The Labute approximate surface area is 286 Å². The number of hydrogen-bond acceptors (Lipinski definition) is 10. The van der Waals surface area contributed by atoms with E-state index in [2.05, 4.69) is 94.6 Å². The van der Waals surface area contributed by atoms with E-state index in [4.69, 9.17) is 14.3 Å². The van der Waals surface area contributed by atoms with Gasteiger partial charge in [-0.1, -0.05) is 10.3 Å². The van der Waals surface area contributed by atoms with Crippen molar-refractivity contribution >= 4 is 87.0 Å². The summed E-state index contributed by atoms with van der Waals surface area (Å²) in [5.41, 5.74) is 0.480. The molecule has 1 aliphatic heterocycles. The second-order valence-corrected chi connectivity index (χ2v) is 13.1. The van der Waals surface area contributed by atoms with Crippen molar-refractivity contribution < 1.29 is 34.2 Å². The molecular formula is C27H28Br4N6O7. The van der Waals surface area contributed by atoms with E-state index < -0.39 is 23.5 Å². The van der Waals surface area contributed by atoms with Crippen molar-refractivity contribution in [2.75, 3.05) is 26.8 Å². The summed E-state index contributed by atoms with van der Waals surface area (Å²) in [4.78, 5) is 37.6. The van der Waals surface area contributed by atoms with Gasteiger partial charge in [-0.15, -0.1) is 0 Å². The van der Waals surface area contributed by atoms with E-state index in [0.29, 0.717) is 60.9 Å². The number of hydrogen-bond donors (Lipinski definition) is 5. The molecule has 2 aromatic rings. The molecular weight excluding hydrogens is 840 g/mol. The van der Waals surface area contributed by atoms with Crippen LogP contribution in [0.2, 0.25) is 0 Å². The molecule has 17 heteroatoms. The summed E-state index contributed by atoms with van der Waals surface area (Å²) in [6.07, 6.45) is 4.98. The molecule has 0 unspecified atom stereocenters. The third-order valence-corrected chi connectivity index (χ3v) is 9.20. The lowest BCUT2D eigenvalue weighted by Gasteiger charge is -2.33. The fourth-order valence-corrected chi connectivity index (χ4v) is 7.71. The van der Waals surface area contributed by atoms with E-state index in [1.165, 1.54) is 7.11 Å². The Morgan fingerprint density at radius 3 is 2.61 bits per heavy atom. The third kappa shape index (κ3) is 8.10. The van der Waals surface area contributed by atoms with Crippen LogP contribution >= 0.6 is 63.7 Å². The van der Waals surface area contributed by atoms with Crippen molar-refractivity contribution in [3.8, 4) is 5.75 Å². The van der Waals surface area contributed by atoms with Gasteiger partial charge in [0.1, 0.15) is 29.0 Å². The summed E-state index contributed by atoms with van der Waals surface area (Å²) in [7, 11) is 1.48. The topological polar surface area (TPSA) is 180 Å². The first-order valence-electron chi connectivity index (χ1n) is 13.2. The van der Waals surface area contributed by atoms with E-state index in [1.54, 1.807) is 30.7 Å². The molecule has 0 saturated heterocycles. The molecule has 236 valence electrons. The number of aliphatic hydroxyl groups is 1. The van der Waals surface area contributed by atoms with Gasteiger partial charge in [0.15, 0.2) is 5.60 Å². The van der Waals surface area contributed by atoms with Gasteiger partial charge in [0.2, 0.25) is 0 Å². The van der Waals surface area contributed by atoms with E-state index in [1.807, 2.05) is 0 Å². The van der Waals surface area contributed by atoms with Crippen molar-refractivity contribution in [1.29, 1.82) is 0 Å². The average Bonchev–Trinajstić information content (AvgIpc) is 3.67. The van der Waals surface area contributed by atoms with Crippen molar-refractivity contribution in [3.63, 3.8) is 0 Å². The molecule has 1 aromatic carbocycles. The SMILES string of the molecule is COC1=C(Br)[C@@H](O)[C@]2(C=C1Br)CC(C(=O)NCCCOc1c(Br)cc(C/C(=N\O)C(=O)NCCc3cnc[nH]3)cc1Br)=NO2. The van der Waals surface area contributed by atoms with Crippen LogP contribution in [-0.4, -0.2) is 82.0 Å². The molecule has 44 heavy (non-hydrogen) atoms. The van der Waals surface area contributed by atoms with Crippen molar-refractivity contribution in [2.45, 2.75) is 37.4 Å². The minimum atomic E-state index is -1.23. The van der Waals surface area contributed by atoms with Gasteiger partial charge in [-0.2, -0.15) is 0 Å². The van der Waals surface area contributed by atoms with Gasteiger partial charge in [-0.25, -0.2) is 4.98 Å². The molecule has 1 aliphatic carbocycles. The summed E-state index contributed by atoms with van der Waals surface area (Å²) in [5.74, 6) is 0.0901. The highest BCUT2D eigenvalue weighted by atomic mass is 79.9. The molecule has 2 heterocycles. The maximum absolute atomic E-state index is 12.7. The second kappa shape index (κ2) is 15.5. The van der Waals surface area contributed by atoms with E-state index in [9.17, 15) is 19.9 Å². The number of allylic oxidation sites excluding steroid dienone is 1. The highest BCUT2D eigenvalue weighted by Crippen LogP contribution is 2.44. The maximum Gasteiger partial charge on any atom is 0.269 e. The average molecular weight is 868 g/mol. The Morgan fingerprint density at radius 1 is 1.20 bits per heavy atom. The van der Waals surface area contributed by atoms with Gasteiger partial charge in [0.25, 0.3) is 11.8 Å². The lowest BCUT2D eigenvalue weighted by molar-refractivity contribution is -0.115. The molecule has 13 nitrogen and oxygen atoms in total. The number of methoxy groups -OCH3 is 1. The summed E-state index contributed by atoms with van der Waals surface area (Å²) in [5, 5.41) is 32.8. The number of aliphatic hydroxyl groups excluding tert-OH is 1. The Balaban J connectivity index is 1.21. The molecule has 4 rings (SSSR count). The predicted octanol–water partition coefficient (Wildman–Crippen LogP) is 3.97. The highest BCUT2D eigenvalue weighted by Gasteiger charge is 2.50. The number of nitrogens with one attached hydrogen (secondary N) is 3. The number of amides is 2. The summed E-state index contributed by atoms with van der Waals surface area (Å²) < 4.78 is 13.4. The molecule has 0 fully saturated rings. The van der Waals surface area contributed by atoms with Gasteiger partial charge in [-0.3, -0.25) is 9.59 Å². The van der Waals surface area contributed by atoms with Gasteiger partial charge < -0.3 is 40.2 Å². The number of carbonyl (C=O) groups excluding carboxylic acids is 2. The number of carbonyl (C=O) groups is 2. The van der Waals surface area contributed by atoms with Gasteiger partial charge >= 0.3 is 0 Å². The second-order valence-electron chi connectivity index (χ2n) is 9.69. The Morgan fingerprint density at radius 2 is 1.95 bits per heavy atom. The van der Waals surface area contributed by atoms with Crippen LogP contribution in [0.25, 0.3) is 0 Å². The molecule has 1 spiro atoms. The van der Waals surface area contributed by atoms with Crippen molar-refractivity contribution in [1.82, 2.24) is 20.6 Å². The Bertz CT molecular complexity index is 1490. The van der Waals surface area contributed by atoms with Crippen LogP contribution in [-0.2, 0) is 32.0 Å². The van der Waals surface area contributed by atoms with Crippen LogP contribution < -0.4 is 15.4 Å². The lowest BCUT2D eigenvalue weighted by atomic mass is 9.87. The summed E-state index contributed by atoms with van der Waals surface area (Å²) in [6.45, 7) is 0.953. The number of H-pyrrole nitrogens is 1. The van der Waals surface area contributed by atoms with E-state index in [-0.39, 0.29) is 30.9 Å². The first-order chi connectivity index (χ1) is 21.1. The summed E-state index contributed by atoms with van der Waals surface area (Å²) in [6, 6.07) is 3.54. The first-order valence-corrected chi connectivity index (χ1v) is 16.4. The molecule has 2 atom stereocenters. The zero-order valence-corrected chi connectivity index (χ0v) is 29.5. The van der Waals surface area contributed by atoms with Crippen LogP contribution in [0.15, 0.2) is 64.7 Å². The highest BCUT2D eigenvalue weighted by molar-refractivity contribution is 9.12.